The van der Waals surface area contributed by atoms with E-state index in [9.17, 15) is 44.6 Å². The summed E-state index contributed by atoms with van der Waals surface area (Å²) < 4.78 is 33.4. The summed E-state index contributed by atoms with van der Waals surface area (Å²) in [5.74, 6) is -1.12. The standard InChI is InChI=1S/C42H77O13P/c1-3-5-7-9-11-13-15-17-19-21-23-25-27-29-31-36(44)54-34(33-53-56(50,51)55-42-40(48)38(46)37(45)39(47)41(42)49)32-52-35(43)30-28-26-24-22-20-18-16-14-12-10-8-6-4-2/h14-17,34,37-42,45-49H,3-13,18-33H2,1-2H3,(H,50,51)/b16-14+,17-15+/t34-,37?,38-,39?,40?,41?,42?/m1/s1. The number of phosphoric ester groups is 1. The van der Waals surface area contributed by atoms with Crippen LogP contribution in [0.2, 0.25) is 0 Å². The Morgan fingerprint density at radius 2 is 0.911 bits per heavy atom. The third-order valence-electron chi connectivity index (χ3n) is 10.0. The normalized spacial score (nSPS) is 23.1. The zero-order chi connectivity index (χ0) is 41.4. The van der Waals surface area contributed by atoms with Gasteiger partial charge in [0.2, 0.25) is 0 Å². The first-order chi connectivity index (χ1) is 26.9. The second kappa shape index (κ2) is 33.2. The lowest BCUT2D eigenvalue weighted by Crippen LogP contribution is -2.64. The lowest BCUT2D eigenvalue weighted by atomic mass is 9.85. The van der Waals surface area contributed by atoms with E-state index in [1.54, 1.807) is 0 Å². The van der Waals surface area contributed by atoms with Crippen LogP contribution in [-0.2, 0) is 32.7 Å². The van der Waals surface area contributed by atoms with Gasteiger partial charge in [-0.2, -0.15) is 0 Å². The van der Waals surface area contributed by atoms with Crippen molar-refractivity contribution in [2.45, 2.75) is 217 Å². The van der Waals surface area contributed by atoms with Crippen LogP contribution in [0.1, 0.15) is 174 Å². The van der Waals surface area contributed by atoms with Gasteiger partial charge in [0.05, 0.1) is 6.61 Å². The van der Waals surface area contributed by atoms with Gasteiger partial charge >= 0.3 is 19.8 Å². The Hall–Kier alpha value is -1.67. The van der Waals surface area contributed by atoms with Crippen molar-refractivity contribution in [2.75, 3.05) is 13.2 Å². The van der Waals surface area contributed by atoms with Crippen LogP contribution in [0.3, 0.4) is 0 Å². The van der Waals surface area contributed by atoms with Gasteiger partial charge in [0.25, 0.3) is 0 Å². The number of rotatable bonds is 35. The van der Waals surface area contributed by atoms with E-state index < -0.39 is 75.7 Å². The van der Waals surface area contributed by atoms with Crippen LogP contribution in [-0.4, -0.2) is 98.3 Å². The van der Waals surface area contributed by atoms with Crippen molar-refractivity contribution in [3.63, 3.8) is 0 Å². The molecular weight excluding hydrogens is 743 g/mol. The average molecular weight is 821 g/mol. The van der Waals surface area contributed by atoms with Crippen LogP contribution in [0, 0.1) is 0 Å². The van der Waals surface area contributed by atoms with E-state index in [4.69, 9.17) is 18.5 Å². The second-order valence-electron chi connectivity index (χ2n) is 15.2. The minimum absolute atomic E-state index is 0.0863. The summed E-state index contributed by atoms with van der Waals surface area (Å²) in [6.45, 7) is 3.24. The van der Waals surface area contributed by atoms with E-state index in [1.807, 2.05) is 0 Å². The molecule has 0 saturated heterocycles. The van der Waals surface area contributed by atoms with Crippen LogP contribution in [0.15, 0.2) is 24.3 Å². The van der Waals surface area contributed by atoms with Crippen LogP contribution >= 0.6 is 7.82 Å². The quantitative estimate of drug-likeness (QED) is 0.0157. The predicted octanol–water partition coefficient (Wildman–Crippen LogP) is 7.67. The molecule has 0 aromatic rings. The highest BCUT2D eigenvalue weighted by molar-refractivity contribution is 7.47. The third kappa shape index (κ3) is 25.6. The summed E-state index contributed by atoms with van der Waals surface area (Å²) in [7, 11) is -5.11. The molecule has 0 heterocycles. The highest BCUT2D eigenvalue weighted by Gasteiger charge is 2.51. The predicted molar refractivity (Wildman–Crippen MR) is 217 cm³/mol. The minimum Gasteiger partial charge on any atom is -0.462 e. The second-order valence-corrected chi connectivity index (χ2v) is 16.6. The summed E-state index contributed by atoms with van der Waals surface area (Å²) in [4.78, 5) is 35.6. The van der Waals surface area contributed by atoms with Crippen LogP contribution < -0.4 is 0 Å². The SMILES string of the molecule is CCCCCC/C=C/CCCCCCCC(=O)OC[C@H](COP(=O)(O)OC1C(O)C(O)C(O)[C@@H](O)C1O)OC(=O)CCCCCCC/C=C/CCCCCCC. The van der Waals surface area contributed by atoms with Crippen molar-refractivity contribution < 1.29 is 63.1 Å². The molecule has 6 unspecified atom stereocenters. The fourth-order valence-corrected chi connectivity index (χ4v) is 7.42. The van der Waals surface area contributed by atoms with Gasteiger partial charge in [-0.05, 0) is 64.2 Å². The number of carbonyl (C=O) groups excluding carboxylic acids is 2. The van der Waals surface area contributed by atoms with Crippen LogP contribution in [0.5, 0.6) is 0 Å². The Balaban J connectivity index is 2.51. The van der Waals surface area contributed by atoms with E-state index in [0.717, 1.165) is 77.0 Å². The van der Waals surface area contributed by atoms with Gasteiger partial charge in [-0.3, -0.25) is 18.6 Å². The number of phosphoric acid groups is 1. The van der Waals surface area contributed by atoms with Crippen LogP contribution in [0.25, 0.3) is 0 Å². The van der Waals surface area contributed by atoms with Gasteiger partial charge in [-0.15, -0.1) is 0 Å². The number of carbonyl (C=O) groups is 2. The molecule has 0 bridgehead atoms. The number of esters is 2. The Morgan fingerprint density at radius 3 is 1.38 bits per heavy atom. The molecule has 1 saturated carbocycles. The summed E-state index contributed by atoms with van der Waals surface area (Å²) >= 11 is 0. The third-order valence-corrected chi connectivity index (χ3v) is 11.0. The molecule has 0 aromatic carbocycles. The molecule has 14 heteroatoms. The first-order valence-electron chi connectivity index (χ1n) is 21.6. The topological polar surface area (TPSA) is 210 Å². The maximum absolute atomic E-state index is 12.8. The molecular formula is C42H77O13P. The van der Waals surface area contributed by atoms with E-state index in [2.05, 4.69) is 38.2 Å². The zero-order valence-corrected chi connectivity index (χ0v) is 35.3. The van der Waals surface area contributed by atoms with Crippen molar-refractivity contribution in [2.24, 2.45) is 0 Å². The summed E-state index contributed by atoms with van der Waals surface area (Å²) in [6.07, 6.45) is 21.0. The maximum Gasteiger partial charge on any atom is 0.472 e. The van der Waals surface area contributed by atoms with Crippen molar-refractivity contribution in [3.8, 4) is 0 Å². The molecule has 13 nitrogen and oxygen atoms in total. The van der Waals surface area contributed by atoms with Gasteiger partial charge in [-0.1, -0.05) is 122 Å². The number of hydrogen-bond donors (Lipinski definition) is 6. The Kier molecular flexibility index (Phi) is 31.0. The maximum atomic E-state index is 12.8. The van der Waals surface area contributed by atoms with Gasteiger partial charge in [0, 0.05) is 12.8 Å². The van der Waals surface area contributed by atoms with Gasteiger partial charge in [0.1, 0.15) is 43.2 Å². The van der Waals surface area contributed by atoms with Crippen molar-refractivity contribution in [1.29, 1.82) is 0 Å². The highest BCUT2D eigenvalue weighted by Crippen LogP contribution is 2.47. The fraction of sp³-hybridized carbons (Fsp3) is 0.857. The van der Waals surface area contributed by atoms with Gasteiger partial charge in [-0.25, -0.2) is 4.57 Å². The molecule has 6 N–H and O–H groups in total. The Bertz CT molecular complexity index is 1090. The molecule has 0 spiro atoms. The Morgan fingerprint density at radius 1 is 0.536 bits per heavy atom. The molecule has 1 aliphatic carbocycles. The molecule has 0 aromatic heterocycles. The average Bonchev–Trinajstić information content (AvgIpc) is 3.18. The van der Waals surface area contributed by atoms with Crippen LogP contribution in [0.4, 0.5) is 0 Å². The lowest BCUT2D eigenvalue weighted by Gasteiger charge is -2.41. The number of aliphatic hydroxyl groups excluding tert-OH is 5. The lowest BCUT2D eigenvalue weighted by molar-refractivity contribution is -0.220. The number of aliphatic hydroxyl groups is 5. The molecule has 0 amide bonds. The molecule has 8 atom stereocenters. The number of hydrogen-bond acceptors (Lipinski definition) is 12. The Labute approximate surface area is 336 Å². The monoisotopic (exact) mass is 821 g/mol. The summed E-state index contributed by atoms with van der Waals surface area (Å²) in [5.41, 5.74) is 0. The molecule has 0 aliphatic heterocycles. The van der Waals surface area contributed by atoms with E-state index >= 15 is 0 Å². The minimum atomic E-state index is -5.11. The van der Waals surface area contributed by atoms with Crippen molar-refractivity contribution >= 4 is 19.8 Å². The summed E-state index contributed by atoms with van der Waals surface area (Å²) in [5, 5.41) is 50.0. The number of unbranched alkanes of at least 4 members (excludes halogenated alkanes) is 19. The molecule has 56 heavy (non-hydrogen) atoms. The number of ether oxygens (including phenoxy) is 2. The van der Waals surface area contributed by atoms with Gasteiger partial charge in [0.15, 0.2) is 6.10 Å². The molecule has 1 rings (SSSR count). The molecule has 1 fully saturated rings. The first kappa shape index (κ1) is 52.3. The largest absolute Gasteiger partial charge is 0.472 e. The molecule has 328 valence electrons. The summed E-state index contributed by atoms with van der Waals surface area (Å²) in [6, 6.07) is 0. The molecule has 1 aliphatic rings. The van der Waals surface area contributed by atoms with E-state index in [0.29, 0.717) is 12.8 Å². The highest BCUT2D eigenvalue weighted by atomic mass is 31.2. The van der Waals surface area contributed by atoms with Crippen molar-refractivity contribution in [1.82, 2.24) is 0 Å². The van der Waals surface area contributed by atoms with E-state index in [-0.39, 0.29) is 12.8 Å². The first-order valence-corrected chi connectivity index (χ1v) is 23.1. The fourth-order valence-electron chi connectivity index (χ4n) is 6.45. The molecule has 0 radical (unpaired) electrons. The van der Waals surface area contributed by atoms with E-state index in [1.165, 1.54) is 57.8 Å². The smallest absolute Gasteiger partial charge is 0.462 e. The number of allylic oxidation sites excluding steroid dienone is 4. The van der Waals surface area contributed by atoms with Gasteiger partial charge < -0.3 is 39.9 Å². The zero-order valence-electron chi connectivity index (χ0n) is 34.4. The van der Waals surface area contributed by atoms with Crippen molar-refractivity contribution in [3.05, 3.63) is 24.3 Å².